The summed E-state index contributed by atoms with van der Waals surface area (Å²) in [7, 11) is 1.41. The van der Waals surface area contributed by atoms with E-state index < -0.39 is 42.6 Å². The second-order valence-corrected chi connectivity index (χ2v) is 10.3. The Bertz CT molecular complexity index is 1310. The van der Waals surface area contributed by atoms with Crippen LogP contribution in [0.5, 0.6) is 0 Å². The van der Waals surface area contributed by atoms with Crippen LogP contribution in [0.25, 0.3) is 0 Å². The van der Waals surface area contributed by atoms with Gasteiger partial charge in [0.05, 0.1) is 18.2 Å². The number of aromatic nitrogens is 4. The normalized spacial score (nSPS) is 16.0. The molecule has 1 unspecified atom stereocenters. The number of hydrogen-bond acceptors (Lipinski definition) is 5. The molecule has 0 bridgehead atoms. The number of anilines is 1. The Hall–Kier alpha value is -3.36. The Morgan fingerprint density at radius 2 is 1.54 bits per heavy atom. The molecule has 41 heavy (non-hydrogen) atoms. The lowest BCUT2D eigenvalue weighted by Crippen LogP contribution is -2.51. The van der Waals surface area contributed by atoms with Crippen molar-refractivity contribution in [2.75, 3.05) is 18.0 Å². The summed E-state index contributed by atoms with van der Waals surface area (Å²) in [5.74, 6) is -0.222. The van der Waals surface area contributed by atoms with Crippen molar-refractivity contribution in [1.29, 1.82) is 0 Å². The van der Waals surface area contributed by atoms with Crippen LogP contribution in [-0.4, -0.2) is 44.4 Å². The van der Waals surface area contributed by atoms with Gasteiger partial charge in [0, 0.05) is 37.8 Å². The monoisotopic (exact) mass is 594 g/mol. The summed E-state index contributed by atoms with van der Waals surface area (Å²) in [6.07, 6.45) is -14.0. The topological polar surface area (TPSA) is 50.1 Å². The molecule has 2 heterocycles. The van der Waals surface area contributed by atoms with Crippen molar-refractivity contribution in [3.8, 4) is 0 Å². The molecule has 6 nitrogen and oxygen atoms in total. The molecule has 1 fully saturated rings. The summed E-state index contributed by atoms with van der Waals surface area (Å²) in [4.78, 5) is 4.16. The van der Waals surface area contributed by atoms with E-state index in [4.69, 9.17) is 0 Å². The molecule has 0 amide bonds. The maximum atomic E-state index is 13.8. The molecule has 1 atom stereocenters. The highest BCUT2D eigenvalue weighted by atomic mass is 19.4. The lowest BCUT2D eigenvalue weighted by atomic mass is 9.87. The highest BCUT2D eigenvalue weighted by molar-refractivity contribution is 5.42. The van der Waals surface area contributed by atoms with E-state index in [1.165, 1.54) is 30.1 Å². The third-order valence-corrected chi connectivity index (χ3v) is 6.79. The maximum absolute atomic E-state index is 13.8. The molecule has 0 spiro atoms. The highest BCUT2D eigenvalue weighted by Gasteiger charge is 2.38. The molecule has 4 rings (SSSR count). The van der Waals surface area contributed by atoms with Gasteiger partial charge < -0.3 is 4.90 Å². The number of nitrogens with zero attached hydrogens (tertiary/aromatic N) is 6. The number of alkyl halides is 9. The zero-order valence-corrected chi connectivity index (χ0v) is 22.2. The minimum atomic E-state index is -5.06. The van der Waals surface area contributed by atoms with Crippen molar-refractivity contribution in [3.05, 3.63) is 69.8 Å². The molecule has 15 heteroatoms. The lowest BCUT2D eigenvalue weighted by molar-refractivity contribution is -0.143. The Labute approximate surface area is 229 Å². The predicted octanol–water partition coefficient (Wildman–Crippen LogP) is 6.74. The fraction of sp³-hybridized carbons (Fsp3) is 0.500. The van der Waals surface area contributed by atoms with Crippen LogP contribution in [0.4, 0.5) is 45.5 Å². The molecule has 224 valence electrons. The summed E-state index contributed by atoms with van der Waals surface area (Å²) in [5, 5.41) is 11.6. The third kappa shape index (κ3) is 7.11. The van der Waals surface area contributed by atoms with E-state index in [1.54, 1.807) is 0 Å². The molecule has 1 aliphatic heterocycles. The fourth-order valence-electron chi connectivity index (χ4n) is 4.98. The van der Waals surface area contributed by atoms with Gasteiger partial charge in [-0.15, -0.1) is 5.10 Å². The second-order valence-electron chi connectivity index (χ2n) is 10.3. The number of hydrogen-bond donors (Lipinski definition) is 0. The van der Waals surface area contributed by atoms with Gasteiger partial charge in [-0.2, -0.15) is 31.1 Å². The molecular weight excluding hydrogens is 567 g/mol. The van der Waals surface area contributed by atoms with Gasteiger partial charge in [-0.25, -0.2) is 13.2 Å². The van der Waals surface area contributed by atoms with Crippen LogP contribution >= 0.6 is 0 Å². The number of benzene rings is 2. The Morgan fingerprint density at radius 1 is 0.927 bits per heavy atom. The summed E-state index contributed by atoms with van der Waals surface area (Å²) in [6, 6.07) is 4.81. The van der Waals surface area contributed by atoms with Crippen LogP contribution in [0.15, 0.2) is 36.4 Å². The molecular formula is C26H27F9N6. The van der Waals surface area contributed by atoms with Gasteiger partial charge in [0.1, 0.15) is 6.17 Å². The van der Waals surface area contributed by atoms with Crippen molar-refractivity contribution in [1.82, 2.24) is 25.1 Å². The Morgan fingerprint density at radius 3 is 2.00 bits per heavy atom. The van der Waals surface area contributed by atoms with Crippen LogP contribution in [0.2, 0.25) is 0 Å². The SMILES string of the molecule is CC(C)C(c1ccc(C(F)F)cc1CN(Cc1cc(C(F)(F)F)cc(C(F)(F)F)c1)c1nnn(C)n1)N1CC(F)C1. The van der Waals surface area contributed by atoms with Gasteiger partial charge >= 0.3 is 12.4 Å². The van der Waals surface area contributed by atoms with E-state index in [9.17, 15) is 39.5 Å². The van der Waals surface area contributed by atoms with Crippen LogP contribution in [0.3, 0.4) is 0 Å². The smallest absolute Gasteiger partial charge is 0.330 e. The van der Waals surface area contributed by atoms with Gasteiger partial charge in [-0.05, 0) is 52.1 Å². The van der Waals surface area contributed by atoms with Crippen LogP contribution in [0.1, 0.15) is 59.7 Å². The zero-order valence-electron chi connectivity index (χ0n) is 22.2. The number of tetrazole rings is 1. The minimum Gasteiger partial charge on any atom is -0.330 e. The fourth-order valence-corrected chi connectivity index (χ4v) is 4.98. The Kier molecular flexibility index (Phi) is 8.58. The summed E-state index contributed by atoms with van der Waals surface area (Å²) in [6.45, 7) is 3.25. The van der Waals surface area contributed by atoms with Crippen LogP contribution < -0.4 is 4.90 Å². The molecule has 1 saturated heterocycles. The zero-order chi connectivity index (χ0) is 30.3. The Balaban J connectivity index is 1.80. The van der Waals surface area contributed by atoms with Gasteiger partial charge in [0.25, 0.3) is 12.4 Å². The predicted molar refractivity (Wildman–Crippen MR) is 131 cm³/mol. The molecule has 0 radical (unpaired) electrons. The first-order valence-electron chi connectivity index (χ1n) is 12.6. The van der Waals surface area contributed by atoms with Gasteiger partial charge in [0.2, 0.25) is 0 Å². The molecule has 2 aromatic carbocycles. The largest absolute Gasteiger partial charge is 0.416 e. The van der Waals surface area contributed by atoms with Gasteiger partial charge in [-0.1, -0.05) is 31.1 Å². The van der Waals surface area contributed by atoms with Crippen molar-refractivity contribution >= 4 is 5.95 Å². The molecule has 0 saturated carbocycles. The van der Waals surface area contributed by atoms with Crippen LogP contribution in [-0.2, 0) is 32.5 Å². The number of likely N-dealkylation sites (tertiary alicyclic amines) is 1. The van der Waals surface area contributed by atoms with E-state index in [0.717, 1.165) is 4.80 Å². The summed E-state index contributed by atoms with van der Waals surface area (Å²) >= 11 is 0. The number of aryl methyl sites for hydroxylation is 1. The quantitative estimate of drug-likeness (QED) is 0.257. The standard InChI is InChI=1S/C26H27F9N6/c1-14(2)22(40-12-20(27)13-40)21-5-4-16(23(28)29)8-17(21)11-41(24-36-38-39(3)37-24)10-15-6-18(25(30,31)32)9-19(7-15)26(33,34)35/h4-9,14,20,22-23H,10-13H2,1-3H3. The van der Waals surface area contributed by atoms with E-state index in [-0.39, 0.29) is 54.7 Å². The van der Waals surface area contributed by atoms with E-state index in [2.05, 4.69) is 15.4 Å². The van der Waals surface area contributed by atoms with Crippen molar-refractivity contribution < 1.29 is 39.5 Å². The average molecular weight is 595 g/mol. The summed E-state index contributed by atoms with van der Waals surface area (Å²) < 4.78 is 122. The van der Waals surface area contributed by atoms with Gasteiger partial charge in [-0.3, -0.25) is 4.90 Å². The van der Waals surface area contributed by atoms with E-state index in [1.807, 2.05) is 18.7 Å². The first-order valence-corrected chi connectivity index (χ1v) is 12.6. The van der Waals surface area contributed by atoms with Gasteiger partial charge in [0.15, 0.2) is 0 Å². The van der Waals surface area contributed by atoms with Crippen molar-refractivity contribution in [2.45, 2.75) is 57.9 Å². The molecule has 3 aromatic rings. The lowest BCUT2D eigenvalue weighted by Gasteiger charge is -2.43. The highest BCUT2D eigenvalue weighted by Crippen LogP contribution is 2.39. The van der Waals surface area contributed by atoms with Crippen molar-refractivity contribution in [3.63, 3.8) is 0 Å². The van der Waals surface area contributed by atoms with E-state index in [0.29, 0.717) is 23.3 Å². The molecule has 1 aromatic heterocycles. The summed E-state index contributed by atoms with van der Waals surface area (Å²) in [5.41, 5.74) is -2.77. The first kappa shape index (κ1) is 30.6. The second kappa shape index (κ2) is 11.5. The average Bonchev–Trinajstić information content (AvgIpc) is 3.28. The maximum Gasteiger partial charge on any atom is 0.416 e. The third-order valence-electron chi connectivity index (χ3n) is 6.79. The molecule has 0 aliphatic carbocycles. The number of halogens is 9. The minimum absolute atomic E-state index is 0.0249. The number of rotatable bonds is 9. The molecule has 0 N–H and O–H groups in total. The van der Waals surface area contributed by atoms with Crippen molar-refractivity contribution in [2.24, 2.45) is 13.0 Å². The first-order chi connectivity index (χ1) is 19.0. The van der Waals surface area contributed by atoms with Crippen LogP contribution in [0, 0.1) is 5.92 Å². The molecule has 1 aliphatic rings. The van der Waals surface area contributed by atoms with E-state index >= 15 is 0 Å².